The molecule has 1 unspecified atom stereocenters. The number of hydrogen-bond acceptors (Lipinski definition) is 4. The van der Waals surface area contributed by atoms with Gasteiger partial charge in [-0.15, -0.1) is 0 Å². The second-order valence-corrected chi connectivity index (χ2v) is 5.84. The second kappa shape index (κ2) is 8.79. The highest BCUT2D eigenvalue weighted by atomic mass is 16.5. The van der Waals surface area contributed by atoms with Gasteiger partial charge in [0, 0.05) is 17.5 Å². The van der Waals surface area contributed by atoms with E-state index in [1.54, 1.807) is 13.8 Å². The first kappa shape index (κ1) is 18.4. The van der Waals surface area contributed by atoms with Crippen molar-refractivity contribution in [3.63, 3.8) is 0 Å². The third-order valence-electron chi connectivity index (χ3n) is 3.89. The zero-order chi connectivity index (χ0) is 18.1. The standard InChI is InChI=1S/C21H22N2O2/c1-3-25-20(24)21(2,15-10-16-22)23-19(17-11-6-4-7-12-17)18-13-8-5-9-14-18/h4-9,11-14H,3,10,15H2,1-2H3. The topological polar surface area (TPSA) is 62.5 Å². The highest BCUT2D eigenvalue weighted by molar-refractivity contribution is 6.13. The number of hydrogen-bond donors (Lipinski definition) is 0. The number of benzene rings is 2. The Labute approximate surface area is 148 Å². The SMILES string of the molecule is CCOC(=O)C(C)(CCC#N)N=C(c1ccccc1)c1ccccc1. The van der Waals surface area contributed by atoms with Crippen LogP contribution >= 0.6 is 0 Å². The number of nitriles is 1. The van der Waals surface area contributed by atoms with Crippen molar-refractivity contribution < 1.29 is 9.53 Å². The van der Waals surface area contributed by atoms with E-state index in [4.69, 9.17) is 15.0 Å². The Morgan fingerprint density at radius 3 is 2.04 bits per heavy atom. The molecular weight excluding hydrogens is 312 g/mol. The Morgan fingerprint density at radius 1 is 1.08 bits per heavy atom. The number of rotatable bonds is 7. The largest absolute Gasteiger partial charge is 0.464 e. The fraction of sp³-hybridized carbons (Fsp3) is 0.286. The van der Waals surface area contributed by atoms with Crippen LogP contribution in [-0.4, -0.2) is 23.8 Å². The van der Waals surface area contributed by atoms with Gasteiger partial charge in [-0.25, -0.2) is 4.79 Å². The van der Waals surface area contributed by atoms with Crippen molar-refractivity contribution in [1.82, 2.24) is 0 Å². The third-order valence-corrected chi connectivity index (χ3v) is 3.89. The lowest BCUT2D eigenvalue weighted by molar-refractivity contribution is -0.149. The van der Waals surface area contributed by atoms with E-state index in [9.17, 15) is 4.79 Å². The molecule has 2 rings (SSSR count). The smallest absolute Gasteiger partial charge is 0.333 e. The summed E-state index contributed by atoms with van der Waals surface area (Å²) in [5.41, 5.74) is 1.45. The lowest BCUT2D eigenvalue weighted by Gasteiger charge is -2.24. The maximum atomic E-state index is 12.5. The average Bonchev–Trinajstić information content (AvgIpc) is 2.66. The van der Waals surface area contributed by atoms with E-state index in [0.29, 0.717) is 6.42 Å². The Hall–Kier alpha value is -2.93. The normalized spacial score (nSPS) is 12.5. The van der Waals surface area contributed by atoms with E-state index < -0.39 is 11.5 Å². The van der Waals surface area contributed by atoms with Crippen LogP contribution in [0.25, 0.3) is 0 Å². The minimum atomic E-state index is -1.10. The molecular formula is C21H22N2O2. The number of esters is 1. The molecule has 4 heteroatoms. The van der Waals surface area contributed by atoms with Crippen molar-refractivity contribution in [3.8, 4) is 6.07 Å². The molecule has 0 aliphatic carbocycles. The second-order valence-electron chi connectivity index (χ2n) is 5.84. The van der Waals surface area contributed by atoms with Gasteiger partial charge in [0.2, 0.25) is 0 Å². The third kappa shape index (κ3) is 4.77. The van der Waals surface area contributed by atoms with Crippen LogP contribution in [-0.2, 0) is 9.53 Å². The zero-order valence-corrected chi connectivity index (χ0v) is 14.6. The molecule has 2 aromatic carbocycles. The van der Waals surface area contributed by atoms with Gasteiger partial charge < -0.3 is 4.74 Å². The van der Waals surface area contributed by atoms with Gasteiger partial charge in [-0.2, -0.15) is 5.26 Å². The molecule has 128 valence electrons. The molecule has 0 bridgehead atoms. The molecule has 0 radical (unpaired) electrons. The molecule has 2 aromatic rings. The van der Waals surface area contributed by atoms with Crippen molar-refractivity contribution in [2.24, 2.45) is 4.99 Å². The summed E-state index contributed by atoms with van der Waals surface area (Å²) in [7, 11) is 0. The van der Waals surface area contributed by atoms with E-state index in [1.165, 1.54) is 0 Å². The maximum Gasteiger partial charge on any atom is 0.333 e. The molecule has 0 heterocycles. The quantitative estimate of drug-likeness (QED) is 0.564. The molecule has 25 heavy (non-hydrogen) atoms. The van der Waals surface area contributed by atoms with Gasteiger partial charge in [0.05, 0.1) is 18.4 Å². The van der Waals surface area contributed by atoms with Crippen LogP contribution in [0.5, 0.6) is 0 Å². The number of ether oxygens (including phenoxy) is 1. The predicted octanol–water partition coefficient (Wildman–Crippen LogP) is 4.15. The van der Waals surface area contributed by atoms with Gasteiger partial charge in [0.15, 0.2) is 5.54 Å². The van der Waals surface area contributed by atoms with Crippen LogP contribution in [0.15, 0.2) is 65.7 Å². The first-order chi connectivity index (χ1) is 12.1. The van der Waals surface area contributed by atoms with E-state index in [-0.39, 0.29) is 13.0 Å². The molecule has 4 nitrogen and oxygen atoms in total. The van der Waals surface area contributed by atoms with Gasteiger partial charge in [0.25, 0.3) is 0 Å². The van der Waals surface area contributed by atoms with Gasteiger partial charge in [-0.1, -0.05) is 60.7 Å². The van der Waals surface area contributed by atoms with Crippen molar-refractivity contribution in [2.45, 2.75) is 32.2 Å². The van der Waals surface area contributed by atoms with Crippen LogP contribution in [0, 0.1) is 11.3 Å². The lowest BCUT2D eigenvalue weighted by atomic mass is 9.94. The number of carbonyl (C=O) groups excluding carboxylic acids is 1. The summed E-state index contributed by atoms with van der Waals surface area (Å²) in [4.78, 5) is 17.3. The summed E-state index contributed by atoms with van der Waals surface area (Å²) < 4.78 is 5.22. The van der Waals surface area contributed by atoms with Crippen molar-refractivity contribution >= 4 is 11.7 Å². The maximum absolute atomic E-state index is 12.5. The summed E-state index contributed by atoms with van der Waals surface area (Å²) in [6.07, 6.45) is 0.543. The Morgan fingerprint density at radius 2 is 1.60 bits per heavy atom. The zero-order valence-electron chi connectivity index (χ0n) is 14.6. The average molecular weight is 334 g/mol. The number of aliphatic imine (C=N–C) groups is 1. The molecule has 0 saturated carbocycles. The van der Waals surface area contributed by atoms with Crippen molar-refractivity contribution in [3.05, 3.63) is 71.8 Å². The predicted molar refractivity (Wildman–Crippen MR) is 98.4 cm³/mol. The molecule has 1 atom stereocenters. The van der Waals surface area contributed by atoms with Gasteiger partial charge in [0.1, 0.15) is 0 Å². The van der Waals surface area contributed by atoms with E-state index in [1.807, 2.05) is 60.7 Å². The van der Waals surface area contributed by atoms with Crippen LogP contribution < -0.4 is 0 Å². The Balaban J connectivity index is 2.56. The van der Waals surface area contributed by atoms with E-state index in [2.05, 4.69) is 6.07 Å². The van der Waals surface area contributed by atoms with Crippen LogP contribution in [0.3, 0.4) is 0 Å². The minimum absolute atomic E-state index is 0.232. The number of carbonyl (C=O) groups is 1. The molecule has 0 amide bonds. The summed E-state index contributed by atoms with van der Waals surface area (Å²) in [6, 6.07) is 21.6. The summed E-state index contributed by atoms with van der Waals surface area (Å²) in [5.74, 6) is -0.408. The lowest BCUT2D eigenvalue weighted by Crippen LogP contribution is -2.36. The number of nitrogens with zero attached hydrogens (tertiary/aromatic N) is 2. The summed E-state index contributed by atoms with van der Waals surface area (Å²) in [5, 5.41) is 8.96. The fourth-order valence-electron chi connectivity index (χ4n) is 2.52. The molecule has 0 fully saturated rings. The fourth-order valence-corrected chi connectivity index (χ4v) is 2.52. The summed E-state index contributed by atoms with van der Waals surface area (Å²) >= 11 is 0. The highest BCUT2D eigenvalue weighted by Crippen LogP contribution is 2.23. The van der Waals surface area contributed by atoms with E-state index in [0.717, 1.165) is 16.8 Å². The summed E-state index contributed by atoms with van der Waals surface area (Å²) in [6.45, 7) is 3.78. The van der Waals surface area contributed by atoms with E-state index >= 15 is 0 Å². The van der Waals surface area contributed by atoms with Gasteiger partial charge >= 0.3 is 5.97 Å². The molecule has 0 N–H and O–H groups in total. The molecule has 0 aromatic heterocycles. The first-order valence-electron chi connectivity index (χ1n) is 8.35. The monoisotopic (exact) mass is 334 g/mol. The van der Waals surface area contributed by atoms with Crippen molar-refractivity contribution in [2.75, 3.05) is 6.61 Å². The van der Waals surface area contributed by atoms with Crippen LogP contribution in [0.1, 0.15) is 37.8 Å². The van der Waals surface area contributed by atoms with Crippen molar-refractivity contribution in [1.29, 1.82) is 5.26 Å². The molecule has 0 aliphatic rings. The van der Waals surface area contributed by atoms with Gasteiger partial charge in [-0.3, -0.25) is 4.99 Å². The Kier molecular flexibility index (Phi) is 6.47. The molecule has 0 spiro atoms. The molecule has 0 aliphatic heterocycles. The van der Waals surface area contributed by atoms with Gasteiger partial charge in [-0.05, 0) is 20.3 Å². The Bertz CT molecular complexity index is 722. The molecule has 0 saturated heterocycles. The minimum Gasteiger partial charge on any atom is -0.464 e. The van der Waals surface area contributed by atoms with Crippen LogP contribution in [0.4, 0.5) is 0 Å². The highest BCUT2D eigenvalue weighted by Gasteiger charge is 2.34. The van der Waals surface area contributed by atoms with Crippen LogP contribution in [0.2, 0.25) is 0 Å². The first-order valence-corrected chi connectivity index (χ1v) is 8.35.